The molecule has 9 heteroatoms. The summed E-state index contributed by atoms with van der Waals surface area (Å²) in [6.45, 7) is 0. The zero-order valence-electron chi connectivity index (χ0n) is 13.8. The fourth-order valence-electron chi connectivity index (χ4n) is 2.17. The molecule has 0 atom stereocenters. The Hall–Kier alpha value is -2.42. The molecule has 27 heavy (non-hydrogen) atoms. The topological polar surface area (TPSA) is 83.1 Å². The van der Waals surface area contributed by atoms with E-state index in [1.54, 1.807) is 41.8 Å². The predicted molar refractivity (Wildman–Crippen MR) is 113 cm³/mol. The highest BCUT2D eigenvalue weighted by atomic mass is 79.9. The molecule has 0 fully saturated rings. The van der Waals surface area contributed by atoms with Crippen LogP contribution < -0.4 is 16.0 Å². The largest absolute Gasteiger partial charge is 0.326 e. The van der Waals surface area contributed by atoms with Gasteiger partial charge in [0.1, 0.15) is 0 Å². The maximum atomic E-state index is 12.1. The Labute approximate surface area is 173 Å². The molecule has 3 rings (SSSR count). The Morgan fingerprint density at radius 1 is 1.04 bits per heavy atom. The van der Waals surface area contributed by atoms with Crippen LogP contribution in [0.25, 0.3) is 0 Å². The first-order chi connectivity index (χ1) is 13.0. The van der Waals surface area contributed by atoms with E-state index in [2.05, 4.69) is 36.9 Å². The third-order valence-electron chi connectivity index (χ3n) is 3.32. The van der Waals surface area contributed by atoms with Crippen LogP contribution in [-0.4, -0.2) is 16.9 Å². The fraction of sp³-hybridized carbons (Fsp3) is 0.0556. The van der Waals surface area contributed by atoms with E-state index in [0.717, 1.165) is 4.47 Å². The maximum absolute atomic E-state index is 12.1. The van der Waals surface area contributed by atoms with Gasteiger partial charge in [0.25, 0.3) is 0 Å². The van der Waals surface area contributed by atoms with E-state index >= 15 is 0 Å². The number of hydrogen-bond acceptors (Lipinski definition) is 4. The predicted octanol–water partition coefficient (Wildman–Crippen LogP) is 5.38. The average Bonchev–Trinajstić information content (AvgIpc) is 3.03. The summed E-state index contributed by atoms with van der Waals surface area (Å²) in [5.41, 5.74) is 1.86. The number of halogens is 2. The Bertz CT molecular complexity index is 962. The van der Waals surface area contributed by atoms with Gasteiger partial charge in [-0.3, -0.25) is 10.1 Å². The van der Waals surface area contributed by atoms with Crippen molar-refractivity contribution < 1.29 is 9.59 Å². The smallest absolute Gasteiger partial charge is 0.325 e. The van der Waals surface area contributed by atoms with E-state index in [-0.39, 0.29) is 12.3 Å². The number of anilines is 3. The van der Waals surface area contributed by atoms with Gasteiger partial charge in [-0.2, -0.15) is 0 Å². The minimum Gasteiger partial charge on any atom is -0.326 e. The number of hydrogen-bond donors (Lipinski definition) is 3. The number of rotatable bonds is 5. The van der Waals surface area contributed by atoms with Crippen molar-refractivity contribution in [3.63, 3.8) is 0 Å². The Balaban J connectivity index is 1.52. The second-order valence-electron chi connectivity index (χ2n) is 5.47. The molecule has 3 amide bonds. The van der Waals surface area contributed by atoms with Crippen LogP contribution in [0.1, 0.15) is 5.69 Å². The lowest BCUT2D eigenvalue weighted by atomic mass is 10.3. The molecule has 0 aliphatic heterocycles. The Morgan fingerprint density at radius 3 is 2.56 bits per heavy atom. The van der Waals surface area contributed by atoms with Crippen molar-refractivity contribution in [2.24, 2.45) is 0 Å². The average molecular weight is 466 g/mol. The van der Waals surface area contributed by atoms with Crippen molar-refractivity contribution in [3.8, 4) is 0 Å². The lowest BCUT2D eigenvalue weighted by molar-refractivity contribution is -0.115. The van der Waals surface area contributed by atoms with Crippen molar-refractivity contribution in [3.05, 3.63) is 69.1 Å². The first-order valence-electron chi connectivity index (χ1n) is 7.81. The molecular formula is C18H14BrClN4O2S. The number of benzene rings is 2. The van der Waals surface area contributed by atoms with E-state index in [1.807, 2.05) is 12.1 Å². The monoisotopic (exact) mass is 464 g/mol. The van der Waals surface area contributed by atoms with Crippen LogP contribution in [0.2, 0.25) is 5.02 Å². The molecule has 3 N–H and O–H groups in total. The van der Waals surface area contributed by atoms with Gasteiger partial charge in [0.2, 0.25) is 5.91 Å². The molecule has 0 aliphatic carbocycles. The molecule has 0 unspecified atom stereocenters. The molecule has 0 radical (unpaired) electrons. The van der Waals surface area contributed by atoms with E-state index in [1.165, 1.54) is 11.3 Å². The molecule has 1 aromatic heterocycles. The van der Waals surface area contributed by atoms with Crippen molar-refractivity contribution in [2.45, 2.75) is 6.42 Å². The van der Waals surface area contributed by atoms with Gasteiger partial charge in [0, 0.05) is 26.3 Å². The SMILES string of the molecule is O=C(Cc1csc(NC(=O)Nc2cccc(Cl)c2)n1)Nc1ccc(Br)cc1. The number of nitrogens with zero attached hydrogens (tertiary/aromatic N) is 1. The molecule has 0 aliphatic rings. The zero-order chi connectivity index (χ0) is 19.2. The molecule has 0 bridgehead atoms. The summed E-state index contributed by atoms with van der Waals surface area (Å²) in [5.74, 6) is -0.183. The Kier molecular flexibility index (Phi) is 6.44. The van der Waals surface area contributed by atoms with Crippen molar-refractivity contribution in [1.29, 1.82) is 0 Å². The summed E-state index contributed by atoms with van der Waals surface area (Å²) < 4.78 is 0.937. The minimum atomic E-state index is -0.433. The third kappa shape index (κ3) is 6.06. The fourth-order valence-corrected chi connectivity index (χ4v) is 3.33. The van der Waals surface area contributed by atoms with Gasteiger partial charge in [-0.25, -0.2) is 9.78 Å². The number of aromatic nitrogens is 1. The van der Waals surface area contributed by atoms with Gasteiger partial charge in [0.15, 0.2) is 5.13 Å². The molecule has 0 spiro atoms. The standard InChI is InChI=1S/C18H14BrClN4O2S/c19-11-4-6-13(7-5-11)21-16(25)9-15-10-27-18(23-15)24-17(26)22-14-3-1-2-12(20)8-14/h1-8,10H,9H2,(H,21,25)(H2,22,23,24,26). The van der Waals surface area contributed by atoms with E-state index < -0.39 is 6.03 Å². The van der Waals surface area contributed by atoms with Crippen LogP contribution in [0.5, 0.6) is 0 Å². The lowest BCUT2D eigenvalue weighted by Gasteiger charge is -2.05. The second-order valence-corrected chi connectivity index (χ2v) is 7.68. The van der Waals surface area contributed by atoms with Crippen LogP contribution in [0.15, 0.2) is 58.4 Å². The second kappa shape index (κ2) is 8.98. The molecule has 0 saturated carbocycles. The highest BCUT2D eigenvalue weighted by Gasteiger charge is 2.10. The van der Waals surface area contributed by atoms with Gasteiger partial charge in [-0.05, 0) is 42.5 Å². The van der Waals surface area contributed by atoms with Crippen LogP contribution in [-0.2, 0) is 11.2 Å². The normalized spacial score (nSPS) is 10.3. The maximum Gasteiger partial charge on any atom is 0.325 e. The highest BCUT2D eigenvalue weighted by Crippen LogP contribution is 2.19. The van der Waals surface area contributed by atoms with Gasteiger partial charge < -0.3 is 10.6 Å². The van der Waals surface area contributed by atoms with E-state index in [4.69, 9.17) is 11.6 Å². The molecular weight excluding hydrogens is 452 g/mol. The minimum absolute atomic E-state index is 0.115. The molecule has 138 valence electrons. The number of urea groups is 1. The van der Waals surface area contributed by atoms with Gasteiger partial charge >= 0.3 is 6.03 Å². The number of nitrogens with one attached hydrogen (secondary N) is 3. The molecule has 3 aromatic rings. The number of carbonyl (C=O) groups is 2. The lowest BCUT2D eigenvalue weighted by Crippen LogP contribution is -2.19. The van der Waals surface area contributed by atoms with Crippen LogP contribution in [0, 0.1) is 0 Å². The van der Waals surface area contributed by atoms with Gasteiger partial charge in [-0.1, -0.05) is 33.6 Å². The van der Waals surface area contributed by atoms with Crippen molar-refractivity contribution in [1.82, 2.24) is 4.98 Å². The van der Waals surface area contributed by atoms with Crippen LogP contribution in [0.4, 0.5) is 21.3 Å². The summed E-state index contributed by atoms with van der Waals surface area (Å²) in [7, 11) is 0. The summed E-state index contributed by atoms with van der Waals surface area (Å²) in [4.78, 5) is 28.4. The van der Waals surface area contributed by atoms with Gasteiger partial charge in [-0.15, -0.1) is 11.3 Å². The molecule has 0 saturated heterocycles. The summed E-state index contributed by atoms with van der Waals surface area (Å²) in [6, 6.07) is 13.7. The van der Waals surface area contributed by atoms with Crippen molar-refractivity contribution in [2.75, 3.05) is 16.0 Å². The van der Waals surface area contributed by atoms with Crippen LogP contribution >= 0.6 is 38.9 Å². The molecule has 1 heterocycles. The summed E-state index contributed by atoms with van der Waals surface area (Å²) >= 11 is 10.5. The first kappa shape index (κ1) is 19.3. The molecule has 6 nitrogen and oxygen atoms in total. The zero-order valence-corrected chi connectivity index (χ0v) is 17.0. The molecule has 2 aromatic carbocycles. The van der Waals surface area contributed by atoms with Crippen molar-refractivity contribution >= 4 is 67.3 Å². The summed E-state index contributed by atoms with van der Waals surface area (Å²) in [6.07, 6.45) is 0.115. The third-order valence-corrected chi connectivity index (χ3v) is 4.89. The Morgan fingerprint density at radius 2 is 1.81 bits per heavy atom. The highest BCUT2D eigenvalue weighted by molar-refractivity contribution is 9.10. The van der Waals surface area contributed by atoms with E-state index in [0.29, 0.717) is 27.2 Å². The quantitative estimate of drug-likeness (QED) is 0.473. The number of amides is 3. The summed E-state index contributed by atoms with van der Waals surface area (Å²) in [5, 5.41) is 10.8. The number of carbonyl (C=O) groups excluding carboxylic acids is 2. The number of thiazole rings is 1. The first-order valence-corrected chi connectivity index (χ1v) is 9.86. The van der Waals surface area contributed by atoms with E-state index in [9.17, 15) is 9.59 Å². The van der Waals surface area contributed by atoms with Crippen LogP contribution in [0.3, 0.4) is 0 Å². The van der Waals surface area contributed by atoms with Gasteiger partial charge in [0.05, 0.1) is 12.1 Å².